The second kappa shape index (κ2) is 7.17. The van der Waals surface area contributed by atoms with Crippen molar-refractivity contribution < 1.29 is 4.79 Å². The lowest BCUT2D eigenvalue weighted by molar-refractivity contribution is -0.122. The van der Waals surface area contributed by atoms with Crippen LogP contribution in [0.2, 0.25) is 0 Å². The number of fused-ring (bicyclic) bond motifs is 2. The van der Waals surface area contributed by atoms with Gasteiger partial charge >= 0.3 is 0 Å². The number of anilines is 1. The number of rotatable bonds is 5. The van der Waals surface area contributed by atoms with E-state index in [-0.39, 0.29) is 5.91 Å². The highest BCUT2D eigenvalue weighted by molar-refractivity contribution is 5.85. The smallest absolute Gasteiger partial charge is 0.237 e. The van der Waals surface area contributed by atoms with Crippen molar-refractivity contribution >= 4 is 22.5 Å². The van der Waals surface area contributed by atoms with Gasteiger partial charge in [0, 0.05) is 36.3 Å². The minimum Gasteiger partial charge on any atom is -0.385 e. The van der Waals surface area contributed by atoms with Crippen molar-refractivity contribution in [2.75, 3.05) is 11.9 Å². The van der Waals surface area contributed by atoms with E-state index in [1.165, 1.54) is 11.3 Å². The first kappa shape index (κ1) is 16.6. The highest BCUT2D eigenvalue weighted by Crippen LogP contribution is 2.25. The molecule has 2 heterocycles. The summed E-state index contributed by atoms with van der Waals surface area (Å²) in [7, 11) is 0. The SMILES string of the molecule is NC(Cc1[nH]nc2ccccc12)C(=O)NCc1cccc2c1CCCN2. The number of aromatic amines is 1. The van der Waals surface area contributed by atoms with Crippen LogP contribution in [-0.4, -0.2) is 28.7 Å². The monoisotopic (exact) mass is 349 g/mol. The first-order valence-corrected chi connectivity index (χ1v) is 9.02. The summed E-state index contributed by atoms with van der Waals surface area (Å²) in [5, 5.41) is 14.7. The van der Waals surface area contributed by atoms with Crippen molar-refractivity contribution in [2.45, 2.75) is 31.8 Å². The second-order valence-corrected chi connectivity index (χ2v) is 6.72. The van der Waals surface area contributed by atoms with E-state index in [9.17, 15) is 4.79 Å². The molecule has 6 nitrogen and oxygen atoms in total. The van der Waals surface area contributed by atoms with Gasteiger partial charge in [0.25, 0.3) is 0 Å². The zero-order valence-electron chi connectivity index (χ0n) is 14.6. The molecule has 0 spiro atoms. The highest BCUT2D eigenvalue weighted by Gasteiger charge is 2.18. The molecule has 2 aromatic carbocycles. The van der Waals surface area contributed by atoms with Crippen molar-refractivity contribution in [3.8, 4) is 0 Å². The first-order chi connectivity index (χ1) is 12.7. The minimum absolute atomic E-state index is 0.148. The van der Waals surface area contributed by atoms with Gasteiger partial charge in [-0.05, 0) is 36.1 Å². The molecule has 5 N–H and O–H groups in total. The maximum Gasteiger partial charge on any atom is 0.237 e. The third kappa shape index (κ3) is 3.28. The van der Waals surface area contributed by atoms with Gasteiger partial charge in [0.05, 0.1) is 11.6 Å². The Bertz CT molecular complexity index is 933. The molecule has 0 saturated carbocycles. The number of hydrogen-bond acceptors (Lipinski definition) is 4. The molecule has 1 amide bonds. The van der Waals surface area contributed by atoms with Gasteiger partial charge in [0.1, 0.15) is 0 Å². The summed E-state index contributed by atoms with van der Waals surface area (Å²) in [4.78, 5) is 12.5. The van der Waals surface area contributed by atoms with E-state index >= 15 is 0 Å². The zero-order chi connectivity index (χ0) is 17.9. The van der Waals surface area contributed by atoms with Crippen LogP contribution in [0.5, 0.6) is 0 Å². The van der Waals surface area contributed by atoms with E-state index < -0.39 is 6.04 Å². The molecule has 0 saturated heterocycles. The van der Waals surface area contributed by atoms with Gasteiger partial charge in [0.2, 0.25) is 5.91 Å². The first-order valence-electron chi connectivity index (χ1n) is 9.02. The summed E-state index contributed by atoms with van der Waals surface area (Å²) >= 11 is 0. The van der Waals surface area contributed by atoms with E-state index in [1.807, 2.05) is 30.3 Å². The number of para-hydroxylation sites is 1. The summed E-state index contributed by atoms with van der Waals surface area (Å²) in [6.45, 7) is 1.51. The molecule has 0 radical (unpaired) electrons. The fourth-order valence-electron chi connectivity index (χ4n) is 3.55. The van der Waals surface area contributed by atoms with Crippen molar-refractivity contribution in [3.05, 3.63) is 59.3 Å². The number of hydrogen-bond donors (Lipinski definition) is 4. The van der Waals surface area contributed by atoms with Crippen LogP contribution in [-0.2, 0) is 24.2 Å². The van der Waals surface area contributed by atoms with Crippen LogP contribution in [0.3, 0.4) is 0 Å². The summed E-state index contributed by atoms with van der Waals surface area (Å²) in [5.74, 6) is -0.148. The maximum atomic E-state index is 12.5. The number of H-pyrrole nitrogens is 1. The van der Waals surface area contributed by atoms with Crippen LogP contribution in [0.4, 0.5) is 5.69 Å². The number of carbonyl (C=O) groups excluding carboxylic acids is 1. The maximum absolute atomic E-state index is 12.5. The lowest BCUT2D eigenvalue weighted by Gasteiger charge is -2.21. The van der Waals surface area contributed by atoms with E-state index in [2.05, 4.69) is 33.0 Å². The third-order valence-electron chi connectivity index (χ3n) is 4.95. The zero-order valence-corrected chi connectivity index (χ0v) is 14.6. The summed E-state index contributed by atoms with van der Waals surface area (Å²) in [6, 6.07) is 13.4. The van der Waals surface area contributed by atoms with Gasteiger partial charge in [-0.3, -0.25) is 9.89 Å². The molecule has 0 bridgehead atoms. The molecule has 0 aliphatic carbocycles. The van der Waals surface area contributed by atoms with E-state index in [1.54, 1.807) is 0 Å². The largest absolute Gasteiger partial charge is 0.385 e. The predicted octanol–water partition coefficient (Wildman–Crippen LogP) is 2.11. The molecule has 0 fully saturated rings. The van der Waals surface area contributed by atoms with Crippen molar-refractivity contribution in [2.24, 2.45) is 5.73 Å². The van der Waals surface area contributed by atoms with Gasteiger partial charge in [-0.1, -0.05) is 30.3 Å². The van der Waals surface area contributed by atoms with Gasteiger partial charge < -0.3 is 16.4 Å². The van der Waals surface area contributed by atoms with Crippen molar-refractivity contribution in [3.63, 3.8) is 0 Å². The van der Waals surface area contributed by atoms with Gasteiger partial charge in [-0.2, -0.15) is 5.10 Å². The predicted molar refractivity (Wildman–Crippen MR) is 103 cm³/mol. The van der Waals surface area contributed by atoms with Crippen molar-refractivity contribution in [1.82, 2.24) is 15.5 Å². The Morgan fingerprint density at radius 1 is 1.23 bits per heavy atom. The molecule has 6 heteroatoms. The number of carbonyl (C=O) groups is 1. The standard InChI is InChI=1S/C20H23N5O/c21-16(11-19-15-6-1-2-8-18(15)24-25-19)20(26)23-12-13-5-3-9-17-14(13)7-4-10-22-17/h1-3,5-6,8-9,16,22H,4,7,10-12,21H2,(H,23,26)(H,24,25). The molecule has 1 aliphatic heterocycles. The van der Waals surface area contributed by atoms with E-state index in [0.29, 0.717) is 13.0 Å². The summed E-state index contributed by atoms with van der Waals surface area (Å²) in [5.41, 5.74) is 11.5. The van der Waals surface area contributed by atoms with Gasteiger partial charge in [-0.25, -0.2) is 0 Å². The lowest BCUT2D eigenvalue weighted by atomic mass is 9.97. The molecule has 3 aromatic rings. The minimum atomic E-state index is -0.614. The molecule has 1 aromatic heterocycles. The Kier molecular flexibility index (Phi) is 4.58. The number of nitrogens with two attached hydrogens (primary N) is 1. The Hall–Kier alpha value is -2.86. The number of nitrogens with zero attached hydrogens (tertiary/aromatic N) is 1. The lowest BCUT2D eigenvalue weighted by Crippen LogP contribution is -2.42. The number of nitrogens with one attached hydrogen (secondary N) is 3. The molecule has 1 atom stereocenters. The summed E-state index contributed by atoms with van der Waals surface area (Å²) in [6.07, 6.45) is 2.59. The third-order valence-corrected chi connectivity index (χ3v) is 4.95. The molecule has 1 unspecified atom stereocenters. The van der Waals surface area contributed by atoms with Gasteiger partial charge in [0.15, 0.2) is 0 Å². The highest BCUT2D eigenvalue weighted by atomic mass is 16.2. The molecular weight excluding hydrogens is 326 g/mol. The van der Waals surface area contributed by atoms with Gasteiger partial charge in [-0.15, -0.1) is 0 Å². The van der Waals surface area contributed by atoms with E-state index in [0.717, 1.165) is 41.5 Å². The molecule has 1 aliphatic rings. The number of aromatic nitrogens is 2. The van der Waals surface area contributed by atoms with Crippen LogP contribution in [0, 0.1) is 0 Å². The average molecular weight is 349 g/mol. The molecule has 4 rings (SSSR count). The fraction of sp³-hybridized carbons (Fsp3) is 0.300. The summed E-state index contributed by atoms with van der Waals surface area (Å²) < 4.78 is 0. The Morgan fingerprint density at radius 3 is 3.04 bits per heavy atom. The number of benzene rings is 2. The topological polar surface area (TPSA) is 95.8 Å². The van der Waals surface area contributed by atoms with Crippen molar-refractivity contribution in [1.29, 1.82) is 0 Å². The van der Waals surface area contributed by atoms with E-state index in [4.69, 9.17) is 5.73 Å². The fourth-order valence-corrected chi connectivity index (χ4v) is 3.55. The Labute approximate surface area is 152 Å². The van der Waals surface area contributed by atoms with Crippen LogP contribution in [0.25, 0.3) is 10.9 Å². The van der Waals surface area contributed by atoms with Crippen LogP contribution >= 0.6 is 0 Å². The Balaban J connectivity index is 1.41. The number of amides is 1. The quantitative estimate of drug-likeness (QED) is 0.567. The average Bonchev–Trinajstić information content (AvgIpc) is 3.09. The van der Waals surface area contributed by atoms with Crippen LogP contribution < -0.4 is 16.4 Å². The normalized spacial score (nSPS) is 14.5. The van der Waals surface area contributed by atoms with Crippen LogP contribution in [0.15, 0.2) is 42.5 Å². The van der Waals surface area contributed by atoms with Crippen LogP contribution in [0.1, 0.15) is 23.2 Å². The molecule has 134 valence electrons. The molecule has 26 heavy (non-hydrogen) atoms. The molecular formula is C20H23N5O. The Morgan fingerprint density at radius 2 is 2.12 bits per heavy atom. The second-order valence-electron chi connectivity index (χ2n) is 6.72.